The van der Waals surface area contributed by atoms with E-state index in [-0.39, 0.29) is 0 Å². The van der Waals surface area contributed by atoms with E-state index in [1.165, 1.54) is 5.56 Å². The van der Waals surface area contributed by atoms with Crippen LogP contribution in [0.5, 0.6) is 0 Å². The first-order valence-electron chi connectivity index (χ1n) is 6.44. The van der Waals surface area contributed by atoms with Crippen LogP contribution < -0.4 is 0 Å². The van der Waals surface area contributed by atoms with Gasteiger partial charge in [0.1, 0.15) is 0 Å². The third-order valence-corrected chi connectivity index (χ3v) is 3.98. The molecule has 0 saturated carbocycles. The lowest BCUT2D eigenvalue weighted by atomic mass is 10.1. The summed E-state index contributed by atoms with van der Waals surface area (Å²) >= 11 is 11.3. The first-order valence-corrected chi connectivity index (χ1v) is 7.22. The van der Waals surface area contributed by atoms with E-state index in [2.05, 4.69) is 16.9 Å². The first-order chi connectivity index (χ1) is 9.65. The summed E-state index contributed by atoms with van der Waals surface area (Å²) in [6.45, 7) is 2.86. The van der Waals surface area contributed by atoms with E-state index in [9.17, 15) is 0 Å². The average Bonchev–Trinajstić information content (AvgIpc) is 2.76. The van der Waals surface area contributed by atoms with Gasteiger partial charge in [-0.1, -0.05) is 23.7 Å². The van der Waals surface area contributed by atoms with Gasteiger partial charge in [-0.3, -0.25) is 0 Å². The summed E-state index contributed by atoms with van der Waals surface area (Å²) in [7, 11) is 0. The molecule has 0 fully saturated rings. The lowest BCUT2D eigenvalue weighted by Gasteiger charge is -2.05. The van der Waals surface area contributed by atoms with Crippen LogP contribution in [0.25, 0.3) is 11.2 Å². The van der Waals surface area contributed by atoms with Crippen LogP contribution in [0, 0.1) is 11.7 Å². The van der Waals surface area contributed by atoms with Gasteiger partial charge in [0.2, 0.25) is 0 Å². The number of fused-ring (bicyclic) bond motifs is 1. The van der Waals surface area contributed by atoms with Crippen molar-refractivity contribution in [2.75, 3.05) is 0 Å². The average molecular weight is 304 g/mol. The molecule has 0 saturated heterocycles. The third kappa shape index (κ3) is 2.49. The fraction of sp³-hybridized carbons (Fsp3) is 0.200. The predicted octanol–water partition coefficient (Wildman–Crippen LogP) is 4.30. The molecule has 3 aromatic rings. The Morgan fingerprint density at radius 1 is 1.25 bits per heavy atom. The zero-order chi connectivity index (χ0) is 14.1. The number of aromatic amines is 1. The SMILES string of the molecule is Cc1ccnc2c1[nH]c(=S)n2CCc1ccc(Cl)cc1. The second-order valence-electron chi connectivity index (χ2n) is 4.78. The number of hydrogen-bond donors (Lipinski definition) is 1. The van der Waals surface area contributed by atoms with Crippen molar-refractivity contribution in [2.45, 2.75) is 19.9 Å². The minimum Gasteiger partial charge on any atom is -0.329 e. The van der Waals surface area contributed by atoms with Gasteiger partial charge >= 0.3 is 0 Å². The maximum atomic E-state index is 5.90. The van der Waals surface area contributed by atoms with Crippen LogP contribution in [-0.4, -0.2) is 14.5 Å². The molecule has 1 aromatic carbocycles. The second-order valence-corrected chi connectivity index (χ2v) is 5.61. The first kappa shape index (κ1) is 13.3. The van der Waals surface area contributed by atoms with Gasteiger partial charge in [-0.2, -0.15) is 0 Å². The van der Waals surface area contributed by atoms with Gasteiger partial charge in [0.15, 0.2) is 10.4 Å². The Hall–Kier alpha value is -1.65. The number of aryl methyl sites for hydroxylation is 3. The van der Waals surface area contributed by atoms with E-state index in [1.54, 1.807) is 0 Å². The molecule has 2 aromatic heterocycles. The molecule has 2 heterocycles. The van der Waals surface area contributed by atoms with Gasteiger partial charge < -0.3 is 9.55 Å². The number of imidazole rings is 1. The largest absolute Gasteiger partial charge is 0.329 e. The third-order valence-electron chi connectivity index (χ3n) is 3.41. The summed E-state index contributed by atoms with van der Waals surface area (Å²) in [5.41, 5.74) is 4.34. The minimum absolute atomic E-state index is 0.718. The standard InChI is InChI=1S/C15H14ClN3S/c1-10-6-8-17-14-13(10)18-15(20)19(14)9-7-11-2-4-12(16)5-3-11/h2-6,8H,7,9H2,1H3,(H,18,20). The van der Waals surface area contributed by atoms with Gasteiger partial charge in [-0.05, 0) is 54.9 Å². The molecule has 0 amide bonds. The molecule has 1 N–H and O–H groups in total. The Balaban J connectivity index is 1.91. The van der Waals surface area contributed by atoms with Crippen LogP contribution in [0.3, 0.4) is 0 Å². The summed E-state index contributed by atoms with van der Waals surface area (Å²) in [5.74, 6) is 0. The molecule has 102 valence electrons. The van der Waals surface area contributed by atoms with Crippen molar-refractivity contribution < 1.29 is 0 Å². The van der Waals surface area contributed by atoms with E-state index in [0.29, 0.717) is 0 Å². The molecule has 3 rings (SSSR count). The number of nitrogens with one attached hydrogen (secondary N) is 1. The van der Waals surface area contributed by atoms with Gasteiger partial charge in [-0.15, -0.1) is 0 Å². The Kier molecular flexibility index (Phi) is 3.59. The number of halogens is 1. The molecule has 0 aliphatic carbocycles. The fourth-order valence-corrected chi connectivity index (χ4v) is 2.68. The Bertz CT molecular complexity index is 802. The topological polar surface area (TPSA) is 33.6 Å². The van der Waals surface area contributed by atoms with Crippen LogP contribution in [0.1, 0.15) is 11.1 Å². The lowest BCUT2D eigenvalue weighted by molar-refractivity contribution is 0.700. The molecule has 0 bridgehead atoms. The number of pyridine rings is 1. The smallest absolute Gasteiger partial charge is 0.179 e. The summed E-state index contributed by atoms with van der Waals surface area (Å²) in [4.78, 5) is 7.67. The predicted molar refractivity (Wildman–Crippen MR) is 84.8 cm³/mol. The monoisotopic (exact) mass is 303 g/mol. The van der Waals surface area contributed by atoms with Crippen molar-refractivity contribution in [3.05, 3.63) is 57.4 Å². The van der Waals surface area contributed by atoms with E-state index < -0.39 is 0 Å². The van der Waals surface area contributed by atoms with Gasteiger partial charge in [0, 0.05) is 17.8 Å². The van der Waals surface area contributed by atoms with Gasteiger partial charge in [-0.25, -0.2) is 4.98 Å². The Morgan fingerprint density at radius 2 is 2.00 bits per heavy atom. The van der Waals surface area contributed by atoms with Crippen LogP contribution in [0.4, 0.5) is 0 Å². The molecule has 0 radical (unpaired) electrons. The molecule has 0 aliphatic heterocycles. The quantitative estimate of drug-likeness (QED) is 0.732. The summed E-state index contributed by atoms with van der Waals surface area (Å²) < 4.78 is 2.77. The highest BCUT2D eigenvalue weighted by Crippen LogP contribution is 2.16. The van der Waals surface area contributed by atoms with Crippen molar-refractivity contribution >= 4 is 35.0 Å². The number of aromatic nitrogens is 3. The van der Waals surface area contributed by atoms with Crippen molar-refractivity contribution in [1.29, 1.82) is 0 Å². The van der Waals surface area contributed by atoms with E-state index >= 15 is 0 Å². The fourth-order valence-electron chi connectivity index (χ4n) is 2.27. The normalized spacial score (nSPS) is 11.1. The highest BCUT2D eigenvalue weighted by molar-refractivity contribution is 7.71. The highest BCUT2D eigenvalue weighted by Gasteiger charge is 2.07. The van der Waals surface area contributed by atoms with Crippen molar-refractivity contribution in [2.24, 2.45) is 0 Å². The molecule has 0 atom stereocenters. The van der Waals surface area contributed by atoms with Crippen LogP contribution in [-0.2, 0) is 13.0 Å². The molecule has 0 aliphatic rings. The molecule has 5 heteroatoms. The zero-order valence-corrected chi connectivity index (χ0v) is 12.6. The maximum Gasteiger partial charge on any atom is 0.179 e. The highest BCUT2D eigenvalue weighted by atomic mass is 35.5. The van der Waals surface area contributed by atoms with Crippen LogP contribution in [0.2, 0.25) is 5.02 Å². The summed E-state index contributed by atoms with van der Waals surface area (Å²) in [6.07, 6.45) is 2.72. The second kappa shape index (κ2) is 5.38. The number of hydrogen-bond acceptors (Lipinski definition) is 2. The molecular weight excluding hydrogens is 290 g/mol. The minimum atomic E-state index is 0.718. The number of benzene rings is 1. The van der Waals surface area contributed by atoms with Crippen molar-refractivity contribution in [3.63, 3.8) is 0 Å². The Morgan fingerprint density at radius 3 is 2.75 bits per heavy atom. The maximum absolute atomic E-state index is 5.90. The van der Waals surface area contributed by atoms with Crippen LogP contribution in [0.15, 0.2) is 36.5 Å². The summed E-state index contributed by atoms with van der Waals surface area (Å²) in [5, 5.41) is 0.759. The number of nitrogens with zero attached hydrogens (tertiary/aromatic N) is 2. The number of rotatable bonds is 3. The van der Waals surface area contributed by atoms with Crippen molar-refractivity contribution in [1.82, 2.24) is 14.5 Å². The van der Waals surface area contributed by atoms with Gasteiger partial charge in [0.05, 0.1) is 5.52 Å². The van der Waals surface area contributed by atoms with Crippen molar-refractivity contribution in [3.8, 4) is 0 Å². The van der Waals surface area contributed by atoms with E-state index in [4.69, 9.17) is 23.8 Å². The molecular formula is C15H14ClN3S. The summed E-state index contributed by atoms with van der Waals surface area (Å²) in [6, 6.07) is 9.89. The van der Waals surface area contributed by atoms with E-state index in [0.717, 1.165) is 39.5 Å². The van der Waals surface area contributed by atoms with Crippen LogP contribution >= 0.6 is 23.8 Å². The lowest BCUT2D eigenvalue weighted by Crippen LogP contribution is -2.02. The molecule has 20 heavy (non-hydrogen) atoms. The number of H-pyrrole nitrogens is 1. The Labute approximate surface area is 127 Å². The van der Waals surface area contributed by atoms with E-state index in [1.807, 2.05) is 41.1 Å². The van der Waals surface area contributed by atoms with Gasteiger partial charge in [0.25, 0.3) is 0 Å². The molecule has 0 unspecified atom stereocenters. The zero-order valence-electron chi connectivity index (χ0n) is 11.1. The molecule has 3 nitrogen and oxygen atoms in total. The molecule has 0 spiro atoms.